The highest BCUT2D eigenvalue weighted by Crippen LogP contribution is 2.31. The molecule has 0 aliphatic heterocycles. The van der Waals surface area contributed by atoms with Crippen molar-refractivity contribution in [1.82, 2.24) is 20.4 Å². The van der Waals surface area contributed by atoms with Gasteiger partial charge in [-0.3, -0.25) is 9.59 Å². The third kappa shape index (κ3) is 7.28. The van der Waals surface area contributed by atoms with Crippen LogP contribution in [0.15, 0.2) is 22.5 Å². The Morgan fingerprint density at radius 1 is 1.13 bits per heavy atom. The summed E-state index contributed by atoms with van der Waals surface area (Å²) in [6, 6.07) is 6.30. The van der Waals surface area contributed by atoms with E-state index in [0.29, 0.717) is 9.47 Å². The molecule has 1 aromatic heterocycles. The van der Waals surface area contributed by atoms with E-state index in [4.69, 9.17) is 0 Å². The fourth-order valence-corrected chi connectivity index (χ4v) is 4.52. The first-order valence-corrected chi connectivity index (χ1v) is 11.8. The topological polar surface area (TPSA) is 87.2 Å². The number of aryl methyl sites for hydroxylation is 2. The molecule has 2 amide bonds. The van der Waals surface area contributed by atoms with Crippen molar-refractivity contribution in [3.05, 3.63) is 29.3 Å². The summed E-state index contributed by atoms with van der Waals surface area (Å²) >= 11 is 2.75. The second-order valence-corrected chi connectivity index (χ2v) is 10.2. The monoisotopic (exact) mass is 449 g/mol. The molecule has 0 saturated heterocycles. The number of rotatable bonds is 9. The van der Waals surface area contributed by atoms with Gasteiger partial charge in [-0.1, -0.05) is 55.1 Å². The summed E-state index contributed by atoms with van der Waals surface area (Å²) in [5, 5.41) is 15.4. The summed E-state index contributed by atoms with van der Waals surface area (Å²) < 4.78 is 0.713. The summed E-state index contributed by atoms with van der Waals surface area (Å²) in [7, 11) is 1.63. The minimum atomic E-state index is -0.320. The third-order valence-electron chi connectivity index (χ3n) is 4.28. The molecule has 1 heterocycles. The molecule has 0 radical (unpaired) electrons. The maximum Gasteiger partial charge on any atom is 0.240 e. The van der Waals surface area contributed by atoms with Crippen LogP contribution in [0.3, 0.4) is 0 Å². The van der Waals surface area contributed by atoms with Gasteiger partial charge in [-0.05, 0) is 44.7 Å². The molecule has 7 nitrogen and oxygen atoms in total. The molecule has 0 unspecified atom stereocenters. The lowest BCUT2D eigenvalue weighted by Gasteiger charge is -2.23. The van der Waals surface area contributed by atoms with Crippen LogP contribution in [-0.2, 0) is 22.4 Å². The van der Waals surface area contributed by atoms with Crippen LogP contribution in [0.4, 0.5) is 10.8 Å². The normalized spacial score (nSPS) is 11.3. The number of hydrogen-bond donors (Lipinski definition) is 2. The van der Waals surface area contributed by atoms with Gasteiger partial charge in [0.1, 0.15) is 0 Å². The van der Waals surface area contributed by atoms with Crippen molar-refractivity contribution in [3.63, 3.8) is 0 Å². The SMILES string of the molecule is CCc1cccc(CC)c1Nc1nnc(SCC(=O)N(C)CC(=O)NC(C)(C)C)s1. The van der Waals surface area contributed by atoms with E-state index >= 15 is 0 Å². The van der Waals surface area contributed by atoms with E-state index in [1.54, 1.807) is 7.05 Å². The molecule has 0 atom stereocenters. The van der Waals surface area contributed by atoms with Gasteiger partial charge in [0.15, 0.2) is 4.34 Å². The maximum atomic E-state index is 12.3. The Bertz CT molecular complexity index is 854. The highest BCUT2D eigenvalue weighted by molar-refractivity contribution is 8.01. The van der Waals surface area contributed by atoms with E-state index < -0.39 is 0 Å². The summed E-state index contributed by atoms with van der Waals surface area (Å²) in [6.07, 6.45) is 1.86. The number of hydrogen-bond acceptors (Lipinski definition) is 7. The molecule has 9 heteroatoms. The Kier molecular flexibility index (Phi) is 8.66. The number of aromatic nitrogens is 2. The highest BCUT2D eigenvalue weighted by Gasteiger charge is 2.18. The van der Waals surface area contributed by atoms with E-state index in [0.717, 1.165) is 18.5 Å². The molecule has 0 fully saturated rings. The number of carbonyl (C=O) groups excluding carboxylic acids is 2. The average Bonchev–Trinajstić information content (AvgIpc) is 3.12. The Morgan fingerprint density at radius 2 is 1.77 bits per heavy atom. The first-order chi connectivity index (χ1) is 14.1. The molecule has 0 spiro atoms. The fourth-order valence-electron chi connectivity index (χ4n) is 2.82. The van der Waals surface area contributed by atoms with Gasteiger partial charge in [-0.2, -0.15) is 0 Å². The molecule has 164 valence electrons. The quantitative estimate of drug-likeness (QED) is 0.565. The average molecular weight is 450 g/mol. The third-order valence-corrected chi connectivity index (χ3v) is 6.23. The van der Waals surface area contributed by atoms with Gasteiger partial charge in [-0.25, -0.2) is 0 Å². The van der Waals surface area contributed by atoms with Gasteiger partial charge in [0, 0.05) is 18.3 Å². The van der Waals surface area contributed by atoms with Crippen LogP contribution < -0.4 is 10.6 Å². The second-order valence-electron chi connectivity index (χ2n) is 7.99. The number of nitrogens with zero attached hydrogens (tertiary/aromatic N) is 3. The largest absolute Gasteiger partial charge is 0.350 e. The smallest absolute Gasteiger partial charge is 0.240 e. The van der Waals surface area contributed by atoms with Crippen molar-refractivity contribution in [2.24, 2.45) is 0 Å². The van der Waals surface area contributed by atoms with Crippen LogP contribution in [0, 0.1) is 0 Å². The Balaban J connectivity index is 1.92. The highest BCUT2D eigenvalue weighted by atomic mass is 32.2. The molecule has 2 N–H and O–H groups in total. The molecule has 1 aromatic carbocycles. The molecule has 0 aliphatic rings. The first-order valence-electron chi connectivity index (χ1n) is 10.0. The molecule has 2 rings (SSSR count). The molecule has 0 bridgehead atoms. The lowest BCUT2D eigenvalue weighted by Crippen LogP contribution is -2.46. The zero-order chi connectivity index (χ0) is 22.3. The number of nitrogens with one attached hydrogen (secondary N) is 2. The summed E-state index contributed by atoms with van der Waals surface area (Å²) in [4.78, 5) is 25.8. The number of para-hydroxylation sites is 1. The molecular formula is C21H31N5O2S2. The van der Waals surface area contributed by atoms with Crippen molar-refractivity contribution in [2.75, 3.05) is 24.7 Å². The van der Waals surface area contributed by atoms with Crippen molar-refractivity contribution in [1.29, 1.82) is 0 Å². The number of benzene rings is 1. The predicted octanol–water partition coefficient (Wildman–Crippen LogP) is 3.87. The molecule has 0 aliphatic carbocycles. The van der Waals surface area contributed by atoms with E-state index in [1.165, 1.54) is 39.1 Å². The van der Waals surface area contributed by atoms with Gasteiger partial charge < -0.3 is 15.5 Å². The van der Waals surface area contributed by atoms with Gasteiger partial charge in [0.2, 0.25) is 16.9 Å². The van der Waals surface area contributed by atoms with Gasteiger partial charge in [-0.15, -0.1) is 10.2 Å². The summed E-state index contributed by atoms with van der Waals surface area (Å²) in [6.45, 7) is 10.0. The van der Waals surface area contributed by atoms with Crippen LogP contribution in [0.25, 0.3) is 0 Å². The van der Waals surface area contributed by atoms with Gasteiger partial charge in [0.05, 0.1) is 12.3 Å². The van der Waals surface area contributed by atoms with Crippen molar-refractivity contribution in [3.8, 4) is 0 Å². The molecule has 0 saturated carbocycles. The van der Waals surface area contributed by atoms with Crippen LogP contribution in [-0.4, -0.2) is 51.8 Å². The maximum absolute atomic E-state index is 12.3. The zero-order valence-corrected chi connectivity index (χ0v) is 20.2. The molecule has 30 heavy (non-hydrogen) atoms. The Hall–Kier alpha value is -2.13. The van der Waals surface area contributed by atoms with Crippen molar-refractivity contribution >= 4 is 45.7 Å². The Labute approximate surface area is 187 Å². The molecule has 2 aromatic rings. The van der Waals surface area contributed by atoms with E-state index in [2.05, 4.69) is 52.9 Å². The zero-order valence-electron chi connectivity index (χ0n) is 18.5. The minimum Gasteiger partial charge on any atom is -0.350 e. The fraction of sp³-hybridized carbons (Fsp3) is 0.524. The number of amides is 2. The first kappa shape index (κ1) is 24.1. The van der Waals surface area contributed by atoms with Crippen LogP contribution >= 0.6 is 23.1 Å². The van der Waals surface area contributed by atoms with E-state index in [1.807, 2.05) is 20.8 Å². The van der Waals surface area contributed by atoms with Crippen LogP contribution in [0.2, 0.25) is 0 Å². The van der Waals surface area contributed by atoms with Crippen molar-refractivity contribution < 1.29 is 9.59 Å². The second kappa shape index (κ2) is 10.8. The van der Waals surface area contributed by atoms with Crippen LogP contribution in [0.1, 0.15) is 45.7 Å². The molecular weight excluding hydrogens is 418 g/mol. The lowest BCUT2D eigenvalue weighted by atomic mass is 10.0. The minimum absolute atomic E-state index is 0.0349. The standard InChI is InChI=1S/C21H31N5O2S2/c1-7-14-10-9-11-15(8-2)18(14)22-19-24-25-20(30-19)29-13-17(28)26(6)12-16(27)23-21(3,4)5/h9-11H,7-8,12-13H2,1-6H3,(H,22,24)(H,23,27). The van der Waals surface area contributed by atoms with Crippen LogP contribution in [0.5, 0.6) is 0 Å². The number of anilines is 2. The van der Waals surface area contributed by atoms with Crippen molar-refractivity contribution in [2.45, 2.75) is 57.3 Å². The number of thioether (sulfide) groups is 1. The van der Waals surface area contributed by atoms with E-state index in [9.17, 15) is 9.59 Å². The number of likely N-dealkylation sites (N-methyl/N-ethyl adjacent to an activating group) is 1. The summed E-state index contributed by atoms with van der Waals surface area (Å²) in [5.41, 5.74) is 3.25. The van der Waals surface area contributed by atoms with E-state index in [-0.39, 0.29) is 29.7 Å². The van der Waals surface area contributed by atoms with Gasteiger partial charge in [0.25, 0.3) is 0 Å². The summed E-state index contributed by atoms with van der Waals surface area (Å²) in [5.74, 6) is -0.0925. The Morgan fingerprint density at radius 3 is 2.33 bits per heavy atom. The number of carbonyl (C=O) groups is 2. The predicted molar refractivity (Wildman–Crippen MR) is 125 cm³/mol. The van der Waals surface area contributed by atoms with Gasteiger partial charge >= 0.3 is 0 Å². The lowest BCUT2D eigenvalue weighted by molar-refractivity contribution is -0.133.